The number of likely N-dealkylation sites (N-methyl/N-ethyl adjacent to an activating group) is 1. The minimum atomic E-state index is -0.300. The number of benzene rings is 1. The summed E-state index contributed by atoms with van der Waals surface area (Å²) >= 11 is 0. The fourth-order valence-electron chi connectivity index (χ4n) is 1.61. The van der Waals surface area contributed by atoms with Gasteiger partial charge in [-0.2, -0.15) is 0 Å². The molecule has 2 N–H and O–H groups in total. The summed E-state index contributed by atoms with van der Waals surface area (Å²) in [6.07, 6.45) is 0.893. The fourth-order valence-corrected chi connectivity index (χ4v) is 1.61. The van der Waals surface area contributed by atoms with Crippen molar-refractivity contribution in [3.63, 3.8) is 0 Å². The van der Waals surface area contributed by atoms with E-state index in [0.717, 1.165) is 6.42 Å². The number of nitrogens with two attached hydrogens (primary N) is 1. The van der Waals surface area contributed by atoms with Crippen molar-refractivity contribution in [1.82, 2.24) is 4.90 Å². The minimum absolute atomic E-state index is 0.300. The van der Waals surface area contributed by atoms with Crippen molar-refractivity contribution >= 4 is 5.97 Å². The van der Waals surface area contributed by atoms with Crippen molar-refractivity contribution in [3.8, 4) is 5.75 Å². The SMILES string of the molecule is CC(=O)Oc1ccc(CC(CN)N(C)C)cc1. The molecule has 94 valence electrons. The van der Waals surface area contributed by atoms with Gasteiger partial charge in [-0.15, -0.1) is 0 Å². The molecule has 0 aliphatic rings. The van der Waals surface area contributed by atoms with Crippen LogP contribution in [0, 0.1) is 0 Å². The summed E-state index contributed by atoms with van der Waals surface area (Å²) in [6.45, 7) is 2.02. The Balaban J connectivity index is 2.64. The van der Waals surface area contributed by atoms with Crippen LogP contribution in [0.25, 0.3) is 0 Å². The van der Waals surface area contributed by atoms with E-state index < -0.39 is 0 Å². The van der Waals surface area contributed by atoms with E-state index in [1.165, 1.54) is 12.5 Å². The highest BCUT2D eigenvalue weighted by molar-refractivity contribution is 5.69. The van der Waals surface area contributed by atoms with Gasteiger partial charge in [-0.3, -0.25) is 4.79 Å². The lowest BCUT2D eigenvalue weighted by molar-refractivity contribution is -0.131. The zero-order valence-corrected chi connectivity index (χ0v) is 10.6. The van der Waals surface area contributed by atoms with Crippen LogP contribution in [0.1, 0.15) is 12.5 Å². The van der Waals surface area contributed by atoms with Gasteiger partial charge < -0.3 is 15.4 Å². The summed E-state index contributed by atoms with van der Waals surface area (Å²) in [5.41, 5.74) is 6.89. The normalized spacial score (nSPS) is 12.5. The Bertz CT molecular complexity index is 360. The van der Waals surface area contributed by atoms with Crippen molar-refractivity contribution in [2.75, 3.05) is 20.6 Å². The van der Waals surface area contributed by atoms with Gasteiger partial charge in [0.05, 0.1) is 0 Å². The largest absolute Gasteiger partial charge is 0.427 e. The molecule has 0 saturated carbocycles. The van der Waals surface area contributed by atoms with Crippen LogP contribution in [0.4, 0.5) is 0 Å². The number of ether oxygens (including phenoxy) is 1. The Labute approximate surface area is 102 Å². The molecule has 0 spiro atoms. The van der Waals surface area contributed by atoms with Crippen LogP contribution in [0.3, 0.4) is 0 Å². The maximum atomic E-state index is 10.8. The molecular formula is C13H20N2O2. The average molecular weight is 236 g/mol. The van der Waals surface area contributed by atoms with Crippen LogP contribution in [-0.4, -0.2) is 37.6 Å². The predicted molar refractivity (Wildman–Crippen MR) is 68.0 cm³/mol. The number of hydrogen-bond donors (Lipinski definition) is 1. The van der Waals surface area contributed by atoms with Gasteiger partial charge in [-0.1, -0.05) is 12.1 Å². The lowest BCUT2D eigenvalue weighted by Crippen LogP contribution is -2.36. The number of esters is 1. The molecule has 4 nitrogen and oxygen atoms in total. The van der Waals surface area contributed by atoms with Crippen molar-refractivity contribution in [2.24, 2.45) is 5.73 Å². The summed E-state index contributed by atoms with van der Waals surface area (Å²) in [5.74, 6) is 0.279. The minimum Gasteiger partial charge on any atom is -0.427 e. The molecule has 1 aromatic rings. The Morgan fingerprint density at radius 2 is 1.94 bits per heavy atom. The monoisotopic (exact) mass is 236 g/mol. The zero-order valence-electron chi connectivity index (χ0n) is 10.6. The Morgan fingerprint density at radius 1 is 1.35 bits per heavy atom. The molecule has 0 aliphatic heterocycles. The summed E-state index contributed by atoms with van der Waals surface area (Å²) in [4.78, 5) is 12.9. The molecule has 0 aliphatic carbocycles. The van der Waals surface area contributed by atoms with Crippen LogP contribution < -0.4 is 10.5 Å². The predicted octanol–water partition coefficient (Wildman–Crippen LogP) is 1.04. The Kier molecular flexibility index (Phi) is 5.12. The lowest BCUT2D eigenvalue weighted by atomic mass is 10.1. The van der Waals surface area contributed by atoms with Gasteiger partial charge in [0.25, 0.3) is 0 Å². The molecule has 4 heteroatoms. The molecule has 0 saturated heterocycles. The van der Waals surface area contributed by atoms with Gasteiger partial charge in [0.2, 0.25) is 0 Å². The standard InChI is InChI=1S/C13H20N2O2/c1-10(16)17-13-6-4-11(5-7-13)8-12(9-14)15(2)3/h4-7,12H,8-9,14H2,1-3H3. The molecule has 17 heavy (non-hydrogen) atoms. The Hall–Kier alpha value is -1.39. The molecule has 1 atom stereocenters. The summed E-state index contributed by atoms with van der Waals surface area (Å²) in [7, 11) is 4.04. The molecule has 1 unspecified atom stereocenters. The van der Waals surface area contributed by atoms with Crippen LogP contribution in [-0.2, 0) is 11.2 Å². The average Bonchev–Trinajstić information content (AvgIpc) is 2.26. The van der Waals surface area contributed by atoms with Gasteiger partial charge in [0, 0.05) is 19.5 Å². The van der Waals surface area contributed by atoms with E-state index in [2.05, 4.69) is 4.90 Å². The van der Waals surface area contributed by atoms with E-state index in [4.69, 9.17) is 10.5 Å². The molecule has 0 amide bonds. The third-order valence-corrected chi connectivity index (χ3v) is 2.66. The van der Waals surface area contributed by atoms with E-state index in [1.54, 1.807) is 12.1 Å². The number of rotatable bonds is 5. The smallest absolute Gasteiger partial charge is 0.308 e. The quantitative estimate of drug-likeness (QED) is 0.613. The van der Waals surface area contributed by atoms with E-state index in [1.807, 2.05) is 26.2 Å². The molecule has 1 aromatic carbocycles. The molecule has 0 radical (unpaired) electrons. The maximum Gasteiger partial charge on any atom is 0.308 e. The van der Waals surface area contributed by atoms with Crippen LogP contribution in [0.5, 0.6) is 5.75 Å². The number of carbonyl (C=O) groups excluding carboxylic acids is 1. The maximum absolute atomic E-state index is 10.8. The van der Waals surface area contributed by atoms with Gasteiger partial charge in [0.1, 0.15) is 5.75 Å². The molecule has 0 fully saturated rings. The van der Waals surface area contributed by atoms with Crippen LogP contribution in [0.2, 0.25) is 0 Å². The number of carbonyl (C=O) groups is 1. The van der Waals surface area contributed by atoms with Crippen molar-refractivity contribution in [1.29, 1.82) is 0 Å². The highest BCUT2D eigenvalue weighted by Gasteiger charge is 2.10. The second kappa shape index (κ2) is 6.37. The van der Waals surface area contributed by atoms with Gasteiger partial charge >= 0.3 is 5.97 Å². The molecule has 1 rings (SSSR count). The summed E-state index contributed by atoms with van der Waals surface area (Å²) < 4.78 is 4.97. The topological polar surface area (TPSA) is 55.6 Å². The van der Waals surface area contributed by atoms with Gasteiger partial charge in [-0.05, 0) is 38.2 Å². The van der Waals surface area contributed by atoms with E-state index in [9.17, 15) is 4.79 Å². The highest BCUT2D eigenvalue weighted by atomic mass is 16.5. The van der Waals surface area contributed by atoms with Gasteiger partial charge in [-0.25, -0.2) is 0 Å². The number of hydrogen-bond acceptors (Lipinski definition) is 4. The van der Waals surface area contributed by atoms with E-state index in [0.29, 0.717) is 18.3 Å². The van der Waals surface area contributed by atoms with Crippen molar-refractivity contribution in [2.45, 2.75) is 19.4 Å². The van der Waals surface area contributed by atoms with Gasteiger partial charge in [0.15, 0.2) is 0 Å². The van der Waals surface area contributed by atoms with Crippen molar-refractivity contribution in [3.05, 3.63) is 29.8 Å². The first kappa shape index (κ1) is 13.7. The van der Waals surface area contributed by atoms with E-state index in [-0.39, 0.29) is 5.97 Å². The fraction of sp³-hybridized carbons (Fsp3) is 0.462. The first-order valence-corrected chi connectivity index (χ1v) is 5.66. The first-order valence-electron chi connectivity index (χ1n) is 5.66. The zero-order chi connectivity index (χ0) is 12.8. The third kappa shape index (κ3) is 4.54. The summed E-state index contributed by atoms with van der Waals surface area (Å²) in [5, 5.41) is 0. The van der Waals surface area contributed by atoms with E-state index >= 15 is 0 Å². The first-order chi connectivity index (χ1) is 8.02. The third-order valence-electron chi connectivity index (χ3n) is 2.66. The molecule has 0 aromatic heterocycles. The Morgan fingerprint density at radius 3 is 2.35 bits per heavy atom. The second-order valence-corrected chi connectivity index (χ2v) is 4.29. The highest BCUT2D eigenvalue weighted by Crippen LogP contribution is 2.14. The number of nitrogens with zero attached hydrogens (tertiary/aromatic N) is 1. The summed E-state index contributed by atoms with van der Waals surface area (Å²) in [6, 6.07) is 7.86. The van der Waals surface area contributed by atoms with Crippen molar-refractivity contribution < 1.29 is 9.53 Å². The molecular weight excluding hydrogens is 216 g/mol. The lowest BCUT2D eigenvalue weighted by Gasteiger charge is -2.22. The van der Waals surface area contributed by atoms with Crippen LogP contribution in [0.15, 0.2) is 24.3 Å². The van der Waals surface area contributed by atoms with Crippen LogP contribution >= 0.6 is 0 Å². The molecule has 0 bridgehead atoms. The second-order valence-electron chi connectivity index (χ2n) is 4.29. The molecule has 0 heterocycles.